The van der Waals surface area contributed by atoms with Gasteiger partial charge in [-0.25, -0.2) is 0 Å². The first-order valence-corrected chi connectivity index (χ1v) is 6.46. The average Bonchev–Trinajstić information content (AvgIpc) is 2.77. The molecule has 0 spiro atoms. The van der Waals surface area contributed by atoms with E-state index in [1.165, 1.54) is 45.4 Å². The first-order chi connectivity index (χ1) is 7.43. The lowest BCUT2D eigenvalue weighted by atomic mass is 9.87. The molecule has 0 bridgehead atoms. The molecule has 3 saturated heterocycles. The number of ether oxygens (including phenoxy) is 1. The molecule has 0 saturated carbocycles. The predicted octanol–water partition coefficient (Wildman–Crippen LogP) is 0.707. The molecule has 3 nitrogen and oxygen atoms in total. The quantitative estimate of drug-likeness (QED) is 0.690. The Morgan fingerprint density at radius 3 is 2.67 bits per heavy atom. The maximum atomic E-state index is 5.59. The van der Waals surface area contributed by atoms with Gasteiger partial charge in [0.2, 0.25) is 0 Å². The summed E-state index contributed by atoms with van der Waals surface area (Å²) in [5.41, 5.74) is 0. The molecule has 3 heteroatoms. The lowest BCUT2D eigenvalue weighted by Gasteiger charge is -2.40. The van der Waals surface area contributed by atoms with Crippen molar-refractivity contribution in [2.75, 3.05) is 39.4 Å². The number of rotatable bonds is 1. The van der Waals surface area contributed by atoms with Gasteiger partial charge >= 0.3 is 0 Å². The zero-order valence-electron chi connectivity index (χ0n) is 9.45. The van der Waals surface area contributed by atoms with Crippen LogP contribution in [0.15, 0.2) is 0 Å². The summed E-state index contributed by atoms with van der Waals surface area (Å²) in [5.74, 6) is 1.72. The molecular weight excluding hydrogens is 188 g/mol. The van der Waals surface area contributed by atoms with Gasteiger partial charge in [-0.05, 0) is 44.8 Å². The van der Waals surface area contributed by atoms with Crippen molar-refractivity contribution in [1.82, 2.24) is 10.2 Å². The van der Waals surface area contributed by atoms with Crippen molar-refractivity contribution in [2.45, 2.75) is 25.3 Å². The summed E-state index contributed by atoms with van der Waals surface area (Å²) in [5, 5.41) is 3.45. The molecule has 3 aliphatic heterocycles. The first kappa shape index (κ1) is 10.1. The van der Waals surface area contributed by atoms with Crippen LogP contribution in [0.2, 0.25) is 0 Å². The van der Waals surface area contributed by atoms with Gasteiger partial charge in [0.1, 0.15) is 0 Å². The Labute approximate surface area is 92.2 Å². The van der Waals surface area contributed by atoms with Crippen LogP contribution in [0.25, 0.3) is 0 Å². The van der Waals surface area contributed by atoms with Crippen LogP contribution in [-0.4, -0.2) is 50.3 Å². The minimum absolute atomic E-state index is 0.841. The van der Waals surface area contributed by atoms with Crippen LogP contribution >= 0.6 is 0 Å². The number of piperidine rings is 2. The van der Waals surface area contributed by atoms with Gasteiger partial charge in [-0.15, -0.1) is 0 Å². The highest BCUT2D eigenvalue weighted by atomic mass is 16.5. The molecule has 3 fully saturated rings. The van der Waals surface area contributed by atoms with Gasteiger partial charge in [-0.1, -0.05) is 0 Å². The summed E-state index contributed by atoms with van der Waals surface area (Å²) in [6.45, 7) is 7.10. The largest absolute Gasteiger partial charge is 0.381 e. The summed E-state index contributed by atoms with van der Waals surface area (Å²) in [4.78, 5) is 2.73. The Kier molecular flexibility index (Phi) is 2.95. The highest BCUT2D eigenvalue weighted by molar-refractivity contribution is 4.88. The Hall–Kier alpha value is -0.120. The molecule has 0 aromatic heterocycles. The van der Waals surface area contributed by atoms with E-state index in [0.717, 1.165) is 31.1 Å². The molecule has 3 heterocycles. The molecule has 0 aromatic carbocycles. The minimum Gasteiger partial charge on any atom is -0.381 e. The molecule has 86 valence electrons. The number of hydrogen-bond acceptors (Lipinski definition) is 3. The van der Waals surface area contributed by atoms with Crippen LogP contribution in [0.4, 0.5) is 0 Å². The highest BCUT2D eigenvalue weighted by Crippen LogP contribution is 2.31. The van der Waals surface area contributed by atoms with Crippen LogP contribution in [0, 0.1) is 11.8 Å². The lowest BCUT2D eigenvalue weighted by Crippen LogP contribution is -2.49. The van der Waals surface area contributed by atoms with Crippen molar-refractivity contribution in [2.24, 2.45) is 11.8 Å². The number of nitrogens with one attached hydrogen (secondary N) is 1. The normalized spacial score (nSPS) is 39.2. The topological polar surface area (TPSA) is 24.5 Å². The molecule has 3 rings (SSSR count). The zero-order valence-corrected chi connectivity index (χ0v) is 9.45. The van der Waals surface area contributed by atoms with Crippen LogP contribution in [0.3, 0.4) is 0 Å². The van der Waals surface area contributed by atoms with Crippen molar-refractivity contribution >= 4 is 0 Å². The Morgan fingerprint density at radius 1 is 1.00 bits per heavy atom. The third-order valence-corrected chi connectivity index (χ3v) is 4.41. The standard InChI is InChI=1S/C12H22N2O/c1-4-13-5-2-12(1)14-6-3-10-8-15-9-11(10)7-14/h10-13H,1-9H2. The number of likely N-dealkylation sites (tertiary alicyclic amines) is 1. The smallest absolute Gasteiger partial charge is 0.0510 e. The summed E-state index contributed by atoms with van der Waals surface area (Å²) >= 11 is 0. The Balaban J connectivity index is 1.58. The summed E-state index contributed by atoms with van der Waals surface area (Å²) in [6, 6.07) is 0.854. The van der Waals surface area contributed by atoms with E-state index < -0.39 is 0 Å². The van der Waals surface area contributed by atoms with Gasteiger partial charge in [0.25, 0.3) is 0 Å². The second kappa shape index (κ2) is 4.40. The average molecular weight is 210 g/mol. The molecule has 0 amide bonds. The second-order valence-corrected chi connectivity index (χ2v) is 5.32. The molecular formula is C12H22N2O. The van der Waals surface area contributed by atoms with Gasteiger partial charge in [0, 0.05) is 25.1 Å². The third-order valence-electron chi connectivity index (χ3n) is 4.41. The Morgan fingerprint density at radius 2 is 1.80 bits per heavy atom. The summed E-state index contributed by atoms with van der Waals surface area (Å²) in [7, 11) is 0. The van der Waals surface area contributed by atoms with E-state index in [9.17, 15) is 0 Å². The molecule has 0 radical (unpaired) electrons. The SMILES string of the molecule is C1CC(N2CCC3COCC3C2)CCN1. The van der Waals surface area contributed by atoms with E-state index in [4.69, 9.17) is 4.74 Å². The highest BCUT2D eigenvalue weighted by Gasteiger charge is 2.36. The molecule has 2 atom stereocenters. The van der Waals surface area contributed by atoms with E-state index in [0.29, 0.717) is 0 Å². The summed E-state index contributed by atoms with van der Waals surface area (Å²) < 4.78 is 5.59. The van der Waals surface area contributed by atoms with Crippen LogP contribution in [0.5, 0.6) is 0 Å². The van der Waals surface area contributed by atoms with Gasteiger partial charge in [-0.3, -0.25) is 4.90 Å². The van der Waals surface area contributed by atoms with Crippen molar-refractivity contribution in [1.29, 1.82) is 0 Å². The minimum atomic E-state index is 0.841. The van der Waals surface area contributed by atoms with Gasteiger partial charge in [-0.2, -0.15) is 0 Å². The van der Waals surface area contributed by atoms with E-state index in [1.807, 2.05) is 0 Å². The summed E-state index contributed by atoms with van der Waals surface area (Å²) in [6.07, 6.45) is 4.06. The molecule has 15 heavy (non-hydrogen) atoms. The fraction of sp³-hybridized carbons (Fsp3) is 1.00. The molecule has 3 aliphatic rings. The van der Waals surface area contributed by atoms with Crippen LogP contribution in [0.1, 0.15) is 19.3 Å². The predicted molar refractivity (Wildman–Crippen MR) is 59.9 cm³/mol. The fourth-order valence-corrected chi connectivity index (χ4v) is 3.39. The molecule has 1 N–H and O–H groups in total. The number of fused-ring (bicyclic) bond motifs is 1. The van der Waals surface area contributed by atoms with Crippen molar-refractivity contribution in [3.63, 3.8) is 0 Å². The monoisotopic (exact) mass is 210 g/mol. The zero-order chi connectivity index (χ0) is 10.1. The number of hydrogen-bond donors (Lipinski definition) is 1. The van der Waals surface area contributed by atoms with Crippen LogP contribution < -0.4 is 5.32 Å². The lowest BCUT2D eigenvalue weighted by molar-refractivity contribution is 0.0858. The maximum absolute atomic E-state index is 5.59. The van der Waals surface area contributed by atoms with Crippen LogP contribution in [-0.2, 0) is 4.74 Å². The van der Waals surface area contributed by atoms with Gasteiger partial charge in [0.15, 0.2) is 0 Å². The van der Waals surface area contributed by atoms with E-state index >= 15 is 0 Å². The van der Waals surface area contributed by atoms with Crippen molar-refractivity contribution in [3.8, 4) is 0 Å². The third kappa shape index (κ3) is 2.05. The van der Waals surface area contributed by atoms with Gasteiger partial charge < -0.3 is 10.1 Å². The van der Waals surface area contributed by atoms with E-state index in [1.54, 1.807) is 0 Å². The second-order valence-electron chi connectivity index (χ2n) is 5.32. The van der Waals surface area contributed by atoms with Gasteiger partial charge in [0.05, 0.1) is 6.61 Å². The first-order valence-electron chi connectivity index (χ1n) is 6.46. The fourth-order valence-electron chi connectivity index (χ4n) is 3.39. The van der Waals surface area contributed by atoms with E-state index in [2.05, 4.69) is 10.2 Å². The van der Waals surface area contributed by atoms with E-state index in [-0.39, 0.29) is 0 Å². The molecule has 0 aliphatic carbocycles. The maximum Gasteiger partial charge on any atom is 0.0510 e. The molecule has 2 unspecified atom stereocenters. The number of nitrogens with zero attached hydrogens (tertiary/aromatic N) is 1. The van der Waals surface area contributed by atoms with Crippen molar-refractivity contribution in [3.05, 3.63) is 0 Å². The molecule has 0 aromatic rings. The van der Waals surface area contributed by atoms with Crippen molar-refractivity contribution < 1.29 is 4.74 Å². The Bertz CT molecular complexity index is 216.